The van der Waals surface area contributed by atoms with Crippen LogP contribution in [-0.2, 0) is 4.79 Å². The molecule has 3 rings (SSSR count). The maximum atomic E-state index is 13.0. The Bertz CT molecular complexity index is 775. The highest BCUT2D eigenvalue weighted by Gasteiger charge is 2.32. The number of halogens is 1. The molecule has 2 aliphatic rings. The van der Waals surface area contributed by atoms with Crippen LogP contribution in [0.5, 0.6) is 11.8 Å². The Hall–Kier alpha value is -2.20. The van der Waals surface area contributed by atoms with Gasteiger partial charge in [-0.15, -0.1) is 11.8 Å². The van der Waals surface area contributed by atoms with Crippen molar-refractivity contribution in [3.8, 4) is 11.8 Å². The summed E-state index contributed by atoms with van der Waals surface area (Å²) in [5, 5.41) is 2.77. The van der Waals surface area contributed by atoms with Gasteiger partial charge in [0.1, 0.15) is 24.7 Å². The summed E-state index contributed by atoms with van der Waals surface area (Å²) < 4.78 is 24.7. The molecular weight excluding hydrogens is 409 g/mol. The molecule has 164 valence electrons. The van der Waals surface area contributed by atoms with E-state index in [1.54, 1.807) is 12.3 Å². The fourth-order valence-electron chi connectivity index (χ4n) is 3.40. The van der Waals surface area contributed by atoms with Gasteiger partial charge in [-0.3, -0.25) is 14.7 Å². The average Bonchev–Trinajstić information content (AvgIpc) is 2.99. The number of aliphatic imine (C=N–C) groups is 1. The van der Waals surface area contributed by atoms with E-state index in [0.717, 1.165) is 17.9 Å². The molecule has 1 N–H and O–H groups in total. The van der Waals surface area contributed by atoms with Gasteiger partial charge < -0.3 is 14.8 Å². The maximum absolute atomic E-state index is 13.0. The lowest BCUT2D eigenvalue weighted by molar-refractivity contribution is -0.118. The lowest BCUT2D eigenvalue weighted by Crippen LogP contribution is -2.35. The highest BCUT2D eigenvalue weighted by Crippen LogP contribution is 2.29. The molecule has 2 unspecified atom stereocenters. The number of ether oxygens (including phenoxy) is 2. The minimum absolute atomic E-state index is 0.0139. The van der Waals surface area contributed by atoms with Crippen molar-refractivity contribution in [2.45, 2.75) is 57.5 Å². The number of likely N-dealkylation sites (tertiary alicyclic amines) is 1. The molecule has 0 radical (unpaired) electrons. The largest absolute Gasteiger partial charge is 0.474 e. The second-order valence-electron chi connectivity index (χ2n) is 7.56. The molecule has 1 amide bonds. The van der Waals surface area contributed by atoms with E-state index in [1.807, 2.05) is 0 Å². The topological polar surface area (TPSA) is 88.9 Å². The number of nitrogens with zero attached hydrogens (tertiary/aromatic N) is 4. The molecule has 0 bridgehead atoms. The van der Waals surface area contributed by atoms with Crippen LogP contribution in [0.25, 0.3) is 0 Å². The molecule has 1 aromatic heterocycles. The number of hydrogen-bond acceptors (Lipinski definition) is 8. The Morgan fingerprint density at radius 2 is 2.07 bits per heavy atom. The van der Waals surface area contributed by atoms with Crippen LogP contribution in [0.3, 0.4) is 0 Å². The van der Waals surface area contributed by atoms with E-state index in [2.05, 4.69) is 38.8 Å². The zero-order chi connectivity index (χ0) is 21.5. The van der Waals surface area contributed by atoms with Gasteiger partial charge in [0.05, 0.1) is 11.9 Å². The standard InChI is InChI=1S/C20H28FN5O3S/c1-13-4-17(9-26(13)10-18(8-22-3)30-12-25-14(2)27)29-20-7-19(23-11-24-20)28-16-5-15(21)6-16/h7-8,11,13,15-17H,3-6,9-10,12H2,1-2H3,(H,25,27)/b18-8-. The number of aromatic nitrogens is 2. The Kier molecular flexibility index (Phi) is 8.03. The predicted molar refractivity (Wildman–Crippen MR) is 115 cm³/mol. The third-order valence-electron chi connectivity index (χ3n) is 5.07. The van der Waals surface area contributed by atoms with E-state index in [9.17, 15) is 9.18 Å². The predicted octanol–water partition coefficient (Wildman–Crippen LogP) is 2.57. The summed E-state index contributed by atoms with van der Waals surface area (Å²) in [6, 6.07) is 1.98. The number of carbonyl (C=O) groups excluding carboxylic acids is 1. The monoisotopic (exact) mass is 437 g/mol. The molecule has 2 heterocycles. The van der Waals surface area contributed by atoms with Gasteiger partial charge in [-0.25, -0.2) is 14.4 Å². The van der Waals surface area contributed by atoms with Crippen LogP contribution in [0.1, 0.15) is 33.1 Å². The number of nitrogens with one attached hydrogen (secondary N) is 1. The van der Waals surface area contributed by atoms with Crippen LogP contribution in [0.15, 0.2) is 28.5 Å². The minimum Gasteiger partial charge on any atom is -0.474 e. The first-order chi connectivity index (χ1) is 14.4. The van der Waals surface area contributed by atoms with Crippen LogP contribution in [0.2, 0.25) is 0 Å². The quantitative estimate of drug-likeness (QED) is 0.444. The van der Waals surface area contributed by atoms with Gasteiger partial charge in [0.2, 0.25) is 17.7 Å². The van der Waals surface area contributed by atoms with Crippen molar-refractivity contribution < 1.29 is 18.7 Å². The van der Waals surface area contributed by atoms with E-state index in [4.69, 9.17) is 9.47 Å². The van der Waals surface area contributed by atoms with Crippen LogP contribution in [0.4, 0.5) is 4.39 Å². The van der Waals surface area contributed by atoms with Crippen molar-refractivity contribution in [1.82, 2.24) is 20.2 Å². The number of carbonyl (C=O) groups is 1. The first-order valence-corrected chi connectivity index (χ1v) is 11.0. The molecule has 30 heavy (non-hydrogen) atoms. The molecular formula is C20H28FN5O3S. The van der Waals surface area contributed by atoms with Crippen LogP contribution >= 0.6 is 11.8 Å². The summed E-state index contributed by atoms with van der Waals surface area (Å²) in [6.07, 6.45) is 3.90. The average molecular weight is 438 g/mol. The number of amides is 1. The van der Waals surface area contributed by atoms with Crippen molar-refractivity contribution in [1.29, 1.82) is 0 Å². The van der Waals surface area contributed by atoms with E-state index in [0.29, 0.717) is 43.1 Å². The van der Waals surface area contributed by atoms with Gasteiger partial charge in [0.15, 0.2) is 0 Å². The first-order valence-electron chi connectivity index (χ1n) is 9.98. The number of hydrogen-bond donors (Lipinski definition) is 1. The molecule has 10 heteroatoms. The van der Waals surface area contributed by atoms with Gasteiger partial charge >= 0.3 is 0 Å². The third kappa shape index (κ3) is 6.66. The third-order valence-corrected chi connectivity index (χ3v) is 5.96. The molecule has 1 saturated carbocycles. The molecule has 0 spiro atoms. The van der Waals surface area contributed by atoms with E-state index >= 15 is 0 Å². The molecule has 8 nitrogen and oxygen atoms in total. The zero-order valence-electron chi connectivity index (χ0n) is 17.3. The number of rotatable bonds is 10. The van der Waals surface area contributed by atoms with Crippen LogP contribution < -0.4 is 14.8 Å². The van der Waals surface area contributed by atoms with Crippen molar-refractivity contribution in [3.05, 3.63) is 23.5 Å². The Morgan fingerprint density at radius 1 is 1.37 bits per heavy atom. The van der Waals surface area contributed by atoms with Gasteiger partial charge in [0, 0.05) is 56.4 Å². The van der Waals surface area contributed by atoms with Crippen molar-refractivity contribution in [3.63, 3.8) is 0 Å². The molecule has 2 fully saturated rings. The van der Waals surface area contributed by atoms with Crippen molar-refractivity contribution in [2.24, 2.45) is 4.99 Å². The summed E-state index contributed by atoms with van der Waals surface area (Å²) in [5.74, 6) is 1.30. The number of thioether (sulfide) groups is 1. The molecule has 1 aliphatic carbocycles. The summed E-state index contributed by atoms with van der Waals surface area (Å²) in [5.41, 5.74) is 0. The Morgan fingerprint density at radius 3 is 2.70 bits per heavy atom. The summed E-state index contributed by atoms with van der Waals surface area (Å²) in [4.78, 5) is 26.5. The molecule has 1 saturated heterocycles. The van der Waals surface area contributed by atoms with Gasteiger partial charge in [-0.2, -0.15) is 0 Å². The highest BCUT2D eigenvalue weighted by molar-refractivity contribution is 8.03. The second-order valence-corrected chi connectivity index (χ2v) is 8.66. The molecule has 2 atom stereocenters. The van der Waals surface area contributed by atoms with E-state index in [-0.39, 0.29) is 18.1 Å². The lowest BCUT2D eigenvalue weighted by Gasteiger charge is -2.29. The normalized spacial score (nSPS) is 26.7. The van der Waals surface area contributed by atoms with Gasteiger partial charge in [-0.1, -0.05) is 0 Å². The van der Waals surface area contributed by atoms with E-state index in [1.165, 1.54) is 25.0 Å². The summed E-state index contributed by atoms with van der Waals surface area (Å²) >= 11 is 1.53. The molecule has 0 aromatic carbocycles. The first kappa shape index (κ1) is 22.5. The Labute approximate surface area is 180 Å². The summed E-state index contributed by atoms with van der Waals surface area (Å²) in [7, 11) is 0. The fraction of sp³-hybridized carbons (Fsp3) is 0.600. The molecule has 1 aromatic rings. The summed E-state index contributed by atoms with van der Waals surface area (Å²) in [6.45, 7) is 8.62. The lowest BCUT2D eigenvalue weighted by atomic mass is 9.94. The minimum atomic E-state index is -0.773. The highest BCUT2D eigenvalue weighted by atomic mass is 32.2. The molecule has 1 aliphatic heterocycles. The smallest absolute Gasteiger partial charge is 0.220 e. The van der Waals surface area contributed by atoms with Gasteiger partial charge in [-0.05, 0) is 13.6 Å². The maximum Gasteiger partial charge on any atom is 0.220 e. The fourth-order valence-corrected chi connectivity index (χ4v) is 4.27. The number of alkyl halides is 1. The SMILES string of the molecule is C=N/C=C(/CN1CC(Oc2cc(OC3CC(F)C3)ncn2)CC1C)SCNC(C)=O. The zero-order valence-corrected chi connectivity index (χ0v) is 18.1. The van der Waals surface area contributed by atoms with Crippen molar-refractivity contribution >= 4 is 24.4 Å². The Balaban J connectivity index is 1.51. The van der Waals surface area contributed by atoms with Crippen LogP contribution in [-0.4, -0.2) is 70.9 Å². The van der Waals surface area contributed by atoms with Crippen LogP contribution in [0, 0.1) is 0 Å². The van der Waals surface area contributed by atoms with E-state index < -0.39 is 6.17 Å². The second kappa shape index (κ2) is 10.7. The van der Waals surface area contributed by atoms with Crippen molar-refractivity contribution in [2.75, 3.05) is 19.0 Å². The van der Waals surface area contributed by atoms with Gasteiger partial charge in [0.25, 0.3) is 0 Å².